The maximum atomic E-state index is 12.2. The van der Waals surface area contributed by atoms with E-state index in [1.165, 1.54) is 0 Å². The standard InChI is InChI=1S/C20H24ClNO6S/c1-5-25-19(23)27-17-12(2)22-13(3)18(28-20(24)26-10-11-29-4)16(17)14-8-6-7-9-15(14)21/h6-9,16,22H,5,10-11H2,1-4H3. The average molecular weight is 442 g/mol. The maximum Gasteiger partial charge on any atom is 0.513 e. The Balaban J connectivity index is 2.41. The van der Waals surface area contributed by atoms with Gasteiger partial charge in [-0.1, -0.05) is 29.8 Å². The highest BCUT2D eigenvalue weighted by Gasteiger charge is 2.36. The van der Waals surface area contributed by atoms with Crippen LogP contribution in [0.5, 0.6) is 0 Å². The summed E-state index contributed by atoms with van der Waals surface area (Å²) in [5.41, 5.74) is 1.76. The van der Waals surface area contributed by atoms with E-state index in [4.69, 9.17) is 30.5 Å². The largest absolute Gasteiger partial charge is 0.513 e. The van der Waals surface area contributed by atoms with Crippen LogP contribution < -0.4 is 5.32 Å². The predicted octanol–water partition coefficient (Wildman–Crippen LogP) is 5.18. The van der Waals surface area contributed by atoms with Gasteiger partial charge in [0, 0.05) is 10.8 Å². The van der Waals surface area contributed by atoms with E-state index in [2.05, 4.69) is 5.32 Å². The molecule has 1 aromatic carbocycles. The second-order valence-electron chi connectivity index (χ2n) is 6.04. The first kappa shape index (κ1) is 23.0. The molecule has 0 saturated heterocycles. The lowest BCUT2D eigenvalue weighted by Gasteiger charge is -2.30. The average Bonchev–Trinajstić information content (AvgIpc) is 2.67. The first-order chi connectivity index (χ1) is 13.9. The SMILES string of the molecule is CCOC(=O)OC1=C(C)NC(C)=C(OC(=O)OCCSC)C1c1ccccc1Cl. The quantitative estimate of drug-likeness (QED) is 0.457. The number of rotatable bonds is 7. The van der Waals surface area contributed by atoms with E-state index < -0.39 is 18.2 Å². The number of halogens is 1. The highest BCUT2D eigenvalue weighted by atomic mass is 35.5. The van der Waals surface area contributed by atoms with Gasteiger partial charge in [-0.05, 0) is 38.7 Å². The number of dihydropyridines is 1. The number of carbonyl (C=O) groups is 2. The van der Waals surface area contributed by atoms with Gasteiger partial charge in [-0.15, -0.1) is 0 Å². The molecule has 7 nitrogen and oxygen atoms in total. The van der Waals surface area contributed by atoms with E-state index in [0.717, 1.165) is 0 Å². The van der Waals surface area contributed by atoms with E-state index >= 15 is 0 Å². The molecule has 1 atom stereocenters. The van der Waals surface area contributed by atoms with Crippen molar-refractivity contribution in [1.82, 2.24) is 5.32 Å². The molecule has 0 aliphatic carbocycles. The summed E-state index contributed by atoms with van der Waals surface area (Å²) in [5, 5.41) is 3.50. The summed E-state index contributed by atoms with van der Waals surface area (Å²) in [4.78, 5) is 24.2. The summed E-state index contributed by atoms with van der Waals surface area (Å²) < 4.78 is 21.0. The molecule has 2 rings (SSSR count). The monoisotopic (exact) mass is 441 g/mol. The van der Waals surface area contributed by atoms with Crippen LogP contribution in [0.3, 0.4) is 0 Å². The van der Waals surface area contributed by atoms with Crippen LogP contribution in [0.25, 0.3) is 0 Å². The molecule has 1 unspecified atom stereocenters. The molecule has 1 N–H and O–H groups in total. The molecule has 1 aromatic rings. The van der Waals surface area contributed by atoms with Gasteiger partial charge < -0.3 is 24.3 Å². The summed E-state index contributed by atoms with van der Waals surface area (Å²) >= 11 is 7.96. The summed E-state index contributed by atoms with van der Waals surface area (Å²) in [6.07, 6.45) is 0.205. The highest BCUT2D eigenvalue weighted by molar-refractivity contribution is 7.98. The number of thioether (sulfide) groups is 1. The van der Waals surface area contributed by atoms with Crippen LogP contribution in [0, 0.1) is 0 Å². The first-order valence-corrected chi connectivity index (χ1v) is 10.8. The van der Waals surface area contributed by atoms with Crippen molar-refractivity contribution in [3.8, 4) is 0 Å². The molecule has 0 aromatic heterocycles. The van der Waals surface area contributed by atoms with E-state index in [1.54, 1.807) is 56.8 Å². The number of nitrogens with one attached hydrogen (secondary N) is 1. The van der Waals surface area contributed by atoms with Crippen LogP contribution in [0.4, 0.5) is 9.59 Å². The van der Waals surface area contributed by atoms with Gasteiger partial charge in [0.1, 0.15) is 24.0 Å². The normalized spacial score (nSPS) is 16.2. The van der Waals surface area contributed by atoms with Gasteiger partial charge in [0.05, 0.1) is 18.0 Å². The smallest absolute Gasteiger partial charge is 0.434 e. The second-order valence-corrected chi connectivity index (χ2v) is 7.43. The Morgan fingerprint density at radius 3 is 2.21 bits per heavy atom. The van der Waals surface area contributed by atoms with Gasteiger partial charge in [-0.2, -0.15) is 11.8 Å². The highest BCUT2D eigenvalue weighted by Crippen LogP contribution is 2.41. The minimum atomic E-state index is -0.859. The van der Waals surface area contributed by atoms with Crippen LogP contribution in [-0.4, -0.2) is 37.5 Å². The fourth-order valence-electron chi connectivity index (χ4n) is 2.78. The molecule has 158 valence electrons. The summed E-state index contributed by atoms with van der Waals surface area (Å²) in [6, 6.07) is 7.06. The van der Waals surface area contributed by atoms with Gasteiger partial charge >= 0.3 is 12.3 Å². The molecule has 0 bridgehead atoms. The third kappa shape index (κ3) is 6.08. The molecule has 1 aliphatic heterocycles. The van der Waals surface area contributed by atoms with Crippen molar-refractivity contribution in [3.63, 3.8) is 0 Å². The van der Waals surface area contributed by atoms with E-state index in [0.29, 0.717) is 27.7 Å². The zero-order valence-electron chi connectivity index (χ0n) is 16.7. The van der Waals surface area contributed by atoms with Crippen molar-refractivity contribution in [2.45, 2.75) is 26.7 Å². The molecule has 0 radical (unpaired) electrons. The number of carbonyl (C=O) groups excluding carboxylic acids is 2. The lowest BCUT2D eigenvalue weighted by molar-refractivity contribution is 0.0652. The minimum absolute atomic E-state index is 0.162. The van der Waals surface area contributed by atoms with Crippen molar-refractivity contribution in [2.24, 2.45) is 0 Å². The van der Waals surface area contributed by atoms with Gasteiger partial charge in [0.2, 0.25) is 0 Å². The minimum Gasteiger partial charge on any atom is -0.434 e. The molecular formula is C20H24ClNO6S. The van der Waals surface area contributed by atoms with E-state index in [9.17, 15) is 9.59 Å². The lowest BCUT2D eigenvalue weighted by atomic mass is 9.90. The summed E-state index contributed by atoms with van der Waals surface area (Å²) in [6.45, 7) is 5.55. The fourth-order valence-corrected chi connectivity index (χ4v) is 3.28. The van der Waals surface area contributed by atoms with Crippen LogP contribution in [-0.2, 0) is 18.9 Å². The zero-order valence-corrected chi connectivity index (χ0v) is 18.3. The molecular weight excluding hydrogens is 418 g/mol. The number of benzene rings is 1. The molecule has 1 aliphatic rings. The Labute approximate surface area is 179 Å². The molecule has 1 heterocycles. The Bertz CT molecular complexity index is 823. The van der Waals surface area contributed by atoms with E-state index in [1.807, 2.05) is 6.26 Å². The molecule has 9 heteroatoms. The molecule has 29 heavy (non-hydrogen) atoms. The number of allylic oxidation sites excluding steroid dienone is 2. The Morgan fingerprint density at radius 1 is 1.07 bits per heavy atom. The van der Waals surface area contributed by atoms with Crippen molar-refractivity contribution < 1.29 is 28.5 Å². The van der Waals surface area contributed by atoms with Crippen molar-refractivity contribution in [3.05, 3.63) is 57.8 Å². The van der Waals surface area contributed by atoms with Crippen molar-refractivity contribution in [1.29, 1.82) is 0 Å². The van der Waals surface area contributed by atoms with Crippen molar-refractivity contribution in [2.75, 3.05) is 25.2 Å². The van der Waals surface area contributed by atoms with Crippen LogP contribution in [0.15, 0.2) is 47.2 Å². The molecule has 0 fully saturated rings. The van der Waals surface area contributed by atoms with Crippen LogP contribution >= 0.6 is 23.4 Å². The summed E-state index contributed by atoms with van der Waals surface area (Å²) in [7, 11) is 0. The Morgan fingerprint density at radius 2 is 1.66 bits per heavy atom. The van der Waals surface area contributed by atoms with Gasteiger partial charge in [-0.25, -0.2) is 9.59 Å². The van der Waals surface area contributed by atoms with Crippen molar-refractivity contribution >= 4 is 35.7 Å². The van der Waals surface area contributed by atoms with Gasteiger partial charge in [-0.3, -0.25) is 0 Å². The fraction of sp³-hybridized carbons (Fsp3) is 0.400. The van der Waals surface area contributed by atoms with Gasteiger partial charge in [0.25, 0.3) is 0 Å². The van der Waals surface area contributed by atoms with Crippen LogP contribution in [0.2, 0.25) is 5.02 Å². The summed E-state index contributed by atoms with van der Waals surface area (Å²) in [5.74, 6) is 0.379. The third-order valence-electron chi connectivity index (χ3n) is 4.01. The molecule has 0 spiro atoms. The number of hydrogen-bond acceptors (Lipinski definition) is 8. The van der Waals surface area contributed by atoms with Gasteiger partial charge in [0.15, 0.2) is 0 Å². The second kappa shape index (κ2) is 11.0. The zero-order chi connectivity index (χ0) is 21.4. The Hall–Kier alpha value is -2.32. The lowest BCUT2D eigenvalue weighted by Crippen LogP contribution is -2.29. The first-order valence-electron chi connectivity index (χ1n) is 9.00. The topological polar surface area (TPSA) is 83.1 Å². The maximum absolute atomic E-state index is 12.2. The third-order valence-corrected chi connectivity index (χ3v) is 4.93. The Kier molecular flexibility index (Phi) is 8.72. The van der Waals surface area contributed by atoms with E-state index in [-0.39, 0.29) is 24.7 Å². The molecule has 0 amide bonds. The van der Waals surface area contributed by atoms with Crippen LogP contribution in [0.1, 0.15) is 32.3 Å². The predicted molar refractivity (Wildman–Crippen MR) is 112 cm³/mol. The number of hydrogen-bond donors (Lipinski definition) is 1. The number of ether oxygens (including phenoxy) is 4. The molecule has 0 saturated carbocycles.